The Morgan fingerprint density at radius 2 is 1.90 bits per heavy atom. The molecule has 120 valence electrons. The fraction of sp³-hybridized carbons (Fsp3) is 0.941. The highest BCUT2D eigenvalue weighted by Gasteiger charge is 2.49. The molecule has 0 aromatic heterocycles. The molecule has 3 rings (SSSR count). The van der Waals surface area contributed by atoms with Crippen molar-refractivity contribution in [1.82, 2.24) is 5.32 Å². The fourth-order valence-corrected chi connectivity index (χ4v) is 4.77. The minimum absolute atomic E-state index is 0.449. The molecular formula is C17H31N3O. The molecule has 0 heterocycles. The summed E-state index contributed by atoms with van der Waals surface area (Å²) in [5.74, 6) is 1.87. The average molecular weight is 293 g/mol. The van der Waals surface area contributed by atoms with Gasteiger partial charge < -0.3 is 16.2 Å². The monoisotopic (exact) mass is 293 g/mol. The molecule has 4 nitrogen and oxygen atoms in total. The number of aliphatic imine (C=N–C) groups is 1. The summed E-state index contributed by atoms with van der Waals surface area (Å²) in [5, 5.41) is 14.1. The first-order valence-electron chi connectivity index (χ1n) is 8.94. The molecule has 3 fully saturated rings. The van der Waals surface area contributed by atoms with E-state index in [1.807, 2.05) is 0 Å². The van der Waals surface area contributed by atoms with Crippen LogP contribution in [-0.4, -0.2) is 29.3 Å². The summed E-state index contributed by atoms with van der Waals surface area (Å²) in [6.45, 7) is 0.658. The van der Waals surface area contributed by atoms with Crippen molar-refractivity contribution in [3.8, 4) is 0 Å². The summed E-state index contributed by atoms with van der Waals surface area (Å²) in [6.07, 6.45) is 13.3. The zero-order valence-electron chi connectivity index (χ0n) is 13.2. The second-order valence-electron chi connectivity index (χ2n) is 7.53. The van der Waals surface area contributed by atoms with Crippen molar-refractivity contribution in [3.05, 3.63) is 0 Å². The Balaban J connectivity index is 1.43. The van der Waals surface area contributed by atoms with Gasteiger partial charge in [0.1, 0.15) is 0 Å². The Labute approximate surface area is 128 Å². The Morgan fingerprint density at radius 3 is 2.52 bits per heavy atom. The smallest absolute Gasteiger partial charge is 0.188 e. The molecule has 0 aromatic carbocycles. The molecule has 2 bridgehead atoms. The molecular weight excluding hydrogens is 262 g/mol. The van der Waals surface area contributed by atoms with Gasteiger partial charge in [0.2, 0.25) is 0 Å². The summed E-state index contributed by atoms with van der Waals surface area (Å²) in [7, 11) is 0. The molecule has 0 spiro atoms. The number of hydrogen-bond donors (Lipinski definition) is 3. The summed E-state index contributed by atoms with van der Waals surface area (Å²) >= 11 is 0. The zero-order valence-corrected chi connectivity index (χ0v) is 13.2. The van der Waals surface area contributed by atoms with E-state index in [1.165, 1.54) is 57.8 Å². The van der Waals surface area contributed by atoms with Gasteiger partial charge in [-0.15, -0.1) is 0 Å². The number of hydrogen-bond acceptors (Lipinski definition) is 2. The first kappa shape index (κ1) is 15.1. The Kier molecular flexibility index (Phi) is 4.72. The molecule has 4 N–H and O–H groups in total. The van der Waals surface area contributed by atoms with Crippen LogP contribution in [0.4, 0.5) is 0 Å². The molecule has 0 amide bonds. The van der Waals surface area contributed by atoms with Gasteiger partial charge in [0.15, 0.2) is 5.96 Å². The van der Waals surface area contributed by atoms with Crippen molar-refractivity contribution in [2.45, 2.75) is 82.3 Å². The van der Waals surface area contributed by atoms with Crippen LogP contribution in [0.15, 0.2) is 4.99 Å². The second-order valence-corrected chi connectivity index (χ2v) is 7.53. The van der Waals surface area contributed by atoms with Crippen molar-refractivity contribution in [2.24, 2.45) is 22.6 Å². The molecule has 0 radical (unpaired) electrons. The van der Waals surface area contributed by atoms with Gasteiger partial charge in [-0.25, -0.2) is 0 Å². The van der Waals surface area contributed by atoms with E-state index < -0.39 is 5.60 Å². The van der Waals surface area contributed by atoms with Gasteiger partial charge in [-0.2, -0.15) is 0 Å². The molecule has 4 heteroatoms. The summed E-state index contributed by atoms with van der Waals surface area (Å²) in [6, 6.07) is 0.502. The first-order valence-corrected chi connectivity index (χ1v) is 8.94. The van der Waals surface area contributed by atoms with Gasteiger partial charge >= 0.3 is 0 Å². The van der Waals surface area contributed by atoms with E-state index in [0.717, 1.165) is 18.8 Å². The molecule has 0 aliphatic heterocycles. The third-order valence-electron chi connectivity index (χ3n) is 5.98. The van der Waals surface area contributed by atoms with Gasteiger partial charge in [-0.3, -0.25) is 4.99 Å². The van der Waals surface area contributed by atoms with E-state index in [1.54, 1.807) is 0 Å². The van der Waals surface area contributed by atoms with E-state index >= 15 is 0 Å². The van der Waals surface area contributed by atoms with E-state index in [-0.39, 0.29) is 0 Å². The molecule has 3 unspecified atom stereocenters. The fourth-order valence-electron chi connectivity index (χ4n) is 4.77. The summed E-state index contributed by atoms with van der Waals surface area (Å²) < 4.78 is 0. The molecule has 3 aliphatic carbocycles. The van der Waals surface area contributed by atoms with Crippen LogP contribution < -0.4 is 11.1 Å². The molecule has 21 heavy (non-hydrogen) atoms. The SMILES string of the molecule is NC(=NCCC1(O)CC2CCC1C2)NC1CCCCCC1. The van der Waals surface area contributed by atoms with Crippen LogP contribution in [-0.2, 0) is 0 Å². The average Bonchev–Trinajstić information content (AvgIpc) is 2.92. The highest BCUT2D eigenvalue weighted by Crippen LogP contribution is 2.52. The highest BCUT2D eigenvalue weighted by molar-refractivity contribution is 5.78. The lowest BCUT2D eigenvalue weighted by atomic mass is 9.82. The number of fused-ring (bicyclic) bond motifs is 2. The first-order chi connectivity index (χ1) is 10.2. The van der Waals surface area contributed by atoms with Crippen LogP contribution in [0.25, 0.3) is 0 Å². The number of nitrogens with one attached hydrogen (secondary N) is 1. The standard InChI is InChI=1S/C17H31N3O/c18-16(20-15-5-3-1-2-4-6-15)19-10-9-17(21)12-13-7-8-14(17)11-13/h13-15,21H,1-12H2,(H3,18,19,20). The van der Waals surface area contributed by atoms with Gasteiger partial charge in [0.05, 0.1) is 5.60 Å². The Bertz CT molecular complexity index is 376. The zero-order chi connectivity index (χ0) is 14.7. The number of guanidine groups is 1. The van der Waals surface area contributed by atoms with Crippen LogP contribution in [0.5, 0.6) is 0 Å². The van der Waals surface area contributed by atoms with Gasteiger partial charge in [0.25, 0.3) is 0 Å². The lowest BCUT2D eigenvalue weighted by Crippen LogP contribution is -2.40. The van der Waals surface area contributed by atoms with Gasteiger partial charge in [-0.1, -0.05) is 25.7 Å². The molecule has 3 saturated carbocycles. The second kappa shape index (κ2) is 6.55. The van der Waals surface area contributed by atoms with Gasteiger partial charge in [0, 0.05) is 12.6 Å². The van der Waals surface area contributed by atoms with Crippen LogP contribution in [0.2, 0.25) is 0 Å². The number of rotatable bonds is 4. The van der Waals surface area contributed by atoms with Crippen LogP contribution in [0.3, 0.4) is 0 Å². The molecule has 0 aromatic rings. The van der Waals surface area contributed by atoms with Gasteiger partial charge in [-0.05, 0) is 56.8 Å². The van der Waals surface area contributed by atoms with Crippen LogP contribution >= 0.6 is 0 Å². The minimum atomic E-state index is -0.449. The van der Waals surface area contributed by atoms with Crippen molar-refractivity contribution in [2.75, 3.05) is 6.54 Å². The lowest BCUT2D eigenvalue weighted by molar-refractivity contribution is -0.0181. The highest BCUT2D eigenvalue weighted by atomic mass is 16.3. The van der Waals surface area contributed by atoms with E-state index in [0.29, 0.717) is 24.5 Å². The predicted molar refractivity (Wildman–Crippen MR) is 86.1 cm³/mol. The van der Waals surface area contributed by atoms with Crippen LogP contribution in [0, 0.1) is 11.8 Å². The summed E-state index contributed by atoms with van der Waals surface area (Å²) in [5.41, 5.74) is 5.57. The van der Waals surface area contributed by atoms with Crippen molar-refractivity contribution in [3.63, 3.8) is 0 Å². The quantitative estimate of drug-likeness (QED) is 0.424. The molecule has 3 aliphatic rings. The topological polar surface area (TPSA) is 70.6 Å². The number of aliphatic hydroxyl groups is 1. The van der Waals surface area contributed by atoms with Crippen molar-refractivity contribution < 1.29 is 5.11 Å². The van der Waals surface area contributed by atoms with Crippen molar-refractivity contribution in [1.29, 1.82) is 0 Å². The predicted octanol–water partition coefficient (Wildman–Crippen LogP) is 2.55. The maximum atomic E-state index is 10.7. The normalized spacial score (nSPS) is 37.7. The molecule has 0 saturated heterocycles. The third kappa shape index (κ3) is 3.71. The summed E-state index contributed by atoms with van der Waals surface area (Å²) in [4.78, 5) is 4.46. The molecule has 3 atom stereocenters. The maximum absolute atomic E-state index is 10.7. The lowest BCUT2D eigenvalue weighted by Gasteiger charge is -2.32. The van der Waals surface area contributed by atoms with Crippen molar-refractivity contribution >= 4 is 5.96 Å². The third-order valence-corrected chi connectivity index (χ3v) is 5.98. The van der Waals surface area contributed by atoms with Crippen LogP contribution in [0.1, 0.15) is 70.6 Å². The number of nitrogens with two attached hydrogens (primary N) is 1. The van der Waals surface area contributed by atoms with E-state index in [4.69, 9.17) is 5.73 Å². The van der Waals surface area contributed by atoms with E-state index in [9.17, 15) is 5.11 Å². The largest absolute Gasteiger partial charge is 0.390 e. The Hall–Kier alpha value is -0.770. The maximum Gasteiger partial charge on any atom is 0.188 e. The Morgan fingerprint density at radius 1 is 1.14 bits per heavy atom. The minimum Gasteiger partial charge on any atom is -0.390 e. The van der Waals surface area contributed by atoms with E-state index in [2.05, 4.69) is 10.3 Å². The number of nitrogens with zero attached hydrogens (tertiary/aromatic N) is 1.